The van der Waals surface area contributed by atoms with E-state index in [1.807, 2.05) is 0 Å². The fourth-order valence-corrected chi connectivity index (χ4v) is 8.56. The lowest BCUT2D eigenvalue weighted by atomic mass is 10.0. The second-order valence-corrected chi connectivity index (χ2v) is 13.3. The summed E-state index contributed by atoms with van der Waals surface area (Å²) in [6.45, 7) is 0. The number of benzene rings is 8. The highest BCUT2D eigenvalue weighted by atomic mass is 15.0. The summed E-state index contributed by atoms with van der Waals surface area (Å²) < 4.78 is 5.06. The van der Waals surface area contributed by atoms with E-state index in [-0.39, 0.29) is 0 Å². The molecule has 2 heteroatoms. The molecule has 0 atom stereocenters. The minimum Gasteiger partial charge on any atom is -0.307 e. The molecule has 11 rings (SSSR count). The summed E-state index contributed by atoms with van der Waals surface area (Å²) >= 11 is 0. The van der Waals surface area contributed by atoms with E-state index < -0.39 is 0 Å². The maximum absolute atomic E-state index is 2.57. The summed E-state index contributed by atoms with van der Waals surface area (Å²) in [5, 5.41) is 12.5. The molecular formula is C48H30N2. The number of para-hydroxylation sites is 3. The number of hydrogen-bond donors (Lipinski definition) is 0. The molecule has 0 fully saturated rings. The third kappa shape index (κ3) is 3.73. The molecule has 50 heavy (non-hydrogen) atoms. The Morgan fingerprint density at radius 3 is 1.32 bits per heavy atom. The summed E-state index contributed by atoms with van der Waals surface area (Å²) in [6.07, 6.45) is 0. The molecule has 3 heterocycles. The van der Waals surface area contributed by atoms with E-state index >= 15 is 0 Å². The summed E-state index contributed by atoms with van der Waals surface area (Å²) in [4.78, 5) is 0. The minimum absolute atomic E-state index is 1.15. The average Bonchev–Trinajstić information content (AvgIpc) is 3.72. The smallest absolute Gasteiger partial charge is 0.0789 e. The van der Waals surface area contributed by atoms with Crippen molar-refractivity contribution in [3.8, 4) is 16.8 Å². The minimum atomic E-state index is 1.15. The molecule has 8 aromatic carbocycles. The predicted molar refractivity (Wildman–Crippen MR) is 214 cm³/mol. The van der Waals surface area contributed by atoms with Crippen molar-refractivity contribution >= 4 is 81.4 Å². The van der Waals surface area contributed by atoms with E-state index in [1.165, 1.54) is 92.6 Å². The van der Waals surface area contributed by atoms with Crippen LogP contribution in [0.1, 0.15) is 0 Å². The molecule has 0 N–H and O–H groups in total. The van der Waals surface area contributed by atoms with Crippen LogP contribution in [0.15, 0.2) is 182 Å². The molecule has 0 aliphatic heterocycles. The number of rotatable bonds is 2. The Labute approximate surface area is 288 Å². The number of fused-ring (bicyclic) bond motifs is 14. The lowest BCUT2D eigenvalue weighted by Crippen LogP contribution is -1.96. The van der Waals surface area contributed by atoms with Crippen LogP contribution in [0.5, 0.6) is 0 Å². The van der Waals surface area contributed by atoms with E-state index in [0.29, 0.717) is 0 Å². The van der Waals surface area contributed by atoms with Crippen molar-refractivity contribution in [3.05, 3.63) is 182 Å². The van der Waals surface area contributed by atoms with Crippen molar-refractivity contribution in [2.45, 2.75) is 0 Å². The molecule has 2 nitrogen and oxygen atoms in total. The van der Waals surface area contributed by atoms with Crippen LogP contribution < -0.4 is 0 Å². The summed E-state index contributed by atoms with van der Waals surface area (Å²) in [5.74, 6) is 0. The molecule has 3 aromatic heterocycles. The Balaban J connectivity index is 1.42. The van der Waals surface area contributed by atoms with Crippen molar-refractivity contribution in [1.29, 1.82) is 0 Å². The highest BCUT2D eigenvalue weighted by molar-refractivity contribution is 6.29. The third-order valence-electron chi connectivity index (χ3n) is 10.7. The molecular weight excluding hydrogens is 605 g/mol. The molecule has 0 saturated carbocycles. The van der Waals surface area contributed by atoms with Gasteiger partial charge in [-0.3, -0.25) is 0 Å². The summed E-state index contributed by atoms with van der Waals surface area (Å²) in [7, 11) is 0. The van der Waals surface area contributed by atoms with Gasteiger partial charge in [-0.05, 0) is 56.9 Å². The zero-order chi connectivity index (χ0) is 32.8. The van der Waals surface area contributed by atoms with E-state index in [9.17, 15) is 0 Å². The maximum atomic E-state index is 2.57. The lowest BCUT2D eigenvalue weighted by molar-refractivity contribution is 1.18. The van der Waals surface area contributed by atoms with E-state index in [0.717, 1.165) is 5.69 Å². The van der Waals surface area contributed by atoms with Gasteiger partial charge in [0.1, 0.15) is 0 Å². The van der Waals surface area contributed by atoms with Gasteiger partial charge in [-0.1, -0.05) is 158 Å². The molecule has 11 aromatic rings. The molecule has 0 spiro atoms. The van der Waals surface area contributed by atoms with Gasteiger partial charge in [-0.25, -0.2) is 0 Å². The maximum Gasteiger partial charge on any atom is 0.0789 e. The summed E-state index contributed by atoms with van der Waals surface area (Å²) in [5.41, 5.74) is 9.64. The lowest BCUT2D eigenvalue weighted by Gasteiger charge is -2.11. The molecule has 0 radical (unpaired) electrons. The second-order valence-electron chi connectivity index (χ2n) is 13.3. The van der Waals surface area contributed by atoms with Crippen LogP contribution in [0.3, 0.4) is 0 Å². The average molecular weight is 635 g/mol. The Morgan fingerprint density at radius 2 is 0.660 bits per heavy atom. The van der Waals surface area contributed by atoms with E-state index in [2.05, 4.69) is 191 Å². The molecule has 0 amide bonds. The Bertz CT molecular complexity index is 3180. The topological polar surface area (TPSA) is 9.34 Å². The van der Waals surface area contributed by atoms with Gasteiger partial charge in [0.2, 0.25) is 0 Å². The molecule has 0 bridgehead atoms. The molecule has 0 saturated heterocycles. The van der Waals surface area contributed by atoms with Gasteiger partial charge in [0.05, 0.1) is 27.6 Å². The third-order valence-corrected chi connectivity index (χ3v) is 10.7. The molecule has 232 valence electrons. The Kier molecular flexibility index (Phi) is 5.70. The highest BCUT2D eigenvalue weighted by Crippen LogP contribution is 2.43. The van der Waals surface area contributed by atoms with Crippen LogP contribution in [0, 0.1) is 0 Å². The van der Waals surface area contributed by atoms with Crippen LogP contribution in [0.4, 0.5) is 0 Å². The number of nitrogens with zero attached hydrogens (tertiary/aromatic N) is 2. The van der Waals surface area contributed by atoms with Gasteiger partial charge in [-0.15, -0.1) is 0 Å². The van der Waals surface area contributed by atoms with Crippen LogP contribution in [0.25, 0.3) is 98.3 Å². The van der Waals surface area contributed by atoms with Gasteiger partial charge < -0.3 is 8.97 Å². The van der Waals surface area contributed by atoms with E-state index in [4.69, 9.17) is 0 Å². The quantitative estimate of drug-likeness (QED) is 0.179. The highest BCUT2D eigenvalue weighted by Gasteiger charge is 2.21. The number of hydrogen-bond acceptors (Lipinski definition) is 0. The van der Waals surface area contributed by atoms with Crippen LogP contribution >= 0.6 is 0 Å². The first-order chi connectivity index (χ1) is 24.8. The van der Waals surface area contributed by atoms with Crippen molar-refractivity contribution in [2.75, 3.05) is 0 Å². The van der Waals surface area contributed by atoms with Crippen LogP contribution in [0.2, 0.25) is 0 Å². The van der Waals surface area contributed by atoms with Gasteiger partial charge in [0, 0.05) is 38.0 Å². The second kappa shape index (κ2) is 10.4. The van der Waals surface area contributed by atoms with Gasteiger partial charge in [-0.2, -0.15) is 0 Å². The SMILES string of the molecule is c1ccc(-c2ccc(-n3c4ccccc4c4ccc5c6cccc7c8ccccc8c8ccccc8c8ccccc8n(c76)c5c43)cc2)cc1. The zero-order valence-corrected chi connectivity index (χ0v) is 27.2. The largest absolute Gasteiger partial charge is 0.307 e. The standard InChI is InChI=1S/C48H30N2/c1-2-13-31(14-3-1)32-25-27-33(28-26-32)49-44-23-10-9-20-39(44)42-29-30-43-41-22-12-21-40-37-18-7-5-16-35(37)34-15-4-6-17-36(34)38-19-8-11-24-45(38)50(46(40)41)48(43)47(42)49/h1-30H. The van der Waals surface area contributed by atoms with E-state index in [1.54, 1.807) is 0 Å². The fourth-order valence-electron chi connectivity index (χ4n) is 8.56. The normalized spacial score (nSPS) is 12.0. The Hall–Kier alpha value is -6.64. The van der Waals surface area contributed by atoms with Crippen molar-refractivity contribution in [3.63, 3.8) is 0 Å². The number of aromatic nitrogens is 2. The molecule has 0 aliphatic rings. The molecule has 0 unspecified atom stereocenters. The van der Waals surface area contributed by atoms with Crippen LogP contribution in [-0.2, 0) is 0 Å². The first-order valence-electron chi connectivity index (χ1n) is 17.3. The predicted octanol–water partition coefficient (Wildman–Crippen LogP) is 13.0. The Morgan fingerprint density at radius 1 is 0.240 bits per heavy atom. The first kappa shape index (κ1) is 27.3. The van der Waals surface area contributed by atoms with Gasteiger partial charge in [0.25, 0.3) is 0 Å². The zero-order valence-electron chi connectivity index (χ0n) is 27.2. The van der Waals surface area contributed by atoms with Gasteiger partial charge in [0.15, 0.2) is 0 Å². The fraction of sp³-hybridized carbons (Fsp3) is 0. The van der Waals surface area contributed by atoms with Crippen LogP contribution in [-0.4, -0.2) is 8.97 Å². The summed E-state index contributed by atoms with van der Waals surface area (Å²) in [6, 6.07) is 66.8. The first-order valence-corrected chi connectivity index (χ1v) is 17.3. The van der Waals surface area contributed by atoms with Crippen molar-refractivity contribution < 1.29 is 0 Å². The van der Waals surface area contributed by atoms with Crippen molar-refractivity contribution in [1.82, 2.24) is 8.97 Å². The molecule has 0 aliphatic carbocycles. The van der Waals surface area contributed by atoms with Gasteiger partial charge >= 0.3 is 0 Å². The monoisotopic (exact) mass is 634 g/mol. The van der Waals surface area contributed by atoms with Crippen molar-refractivity contribution in [2.24, 2.45) is 0 Å².